The molecule has 106 valence electrons. The SMILES string of the molecule is C/C(=N/N=C(/N)OB1Oc2ccccc2O1)c1ccco1. The van der Waals surface area contributed by atoms with E-state index in [0.29, 0.717) is 23.0 Å². The van der Waals surface area contributed by atoms with Gasteiger partial charge in [0.05, 0.1) is 6.26 Å². The van der Waals surface area contributed by atoms with E-state index in [2.05, 4.69) is 10.2 Å². The fourth-order valence-corrected chi connectivity index (χ4v) is 1.70. The number of benzene rings is 1. The lowest BCUT2D eigenvalue weighted by Crippen LogP contribution is -2.35. The van der Waals surface area contributed by atoms with Crippen LogP contribution in [-0.4, -0.2) is 19.1 Å². The van der Waals surface area contributed by atoms with Crippen molar-refractivity contribution in [1.29, 1.82) is 0 Å². The average molecular weight is 285 g/mol. The van der Waals surface area contributed by atoms with E-state index in [-0.39, 0.29) is 6.02 Å². The monoisotopic (exact) mass is 285 g/mol. The highest BCUT2D eigenvalue weighted by Gasteiger charge is 2.38. The zero-order valence-corrected chi connectivity index (χ0v) is 11.2. The Morgan fingerprint density at radius 3 is 2.43 bits per heavy atom. The van der Waals surface area contributed by atoms with Crippen molar-refractivity contribution in [3.05, 3.63) is 48.4 Å². The lowest BCUT2D eigenvalue weighted by Gasteiger charge is -2.04. The van der Waals surface area contributed by atoms with Gasteiger partial charge in [-0.1, -0.05) is 17.2 Å². The first-order valence-electron chi connectivity index (χ1n) is 6.23. The van der Waals surface area contributed by atoms with E-state index in [0.717, 1.165) is 0 Å². The van der Waals surface area contributed by atoms with E-state index in [9.17, 15) is 0 Å². The quantitative estimate of drug-likeness (QED) is 0.402. The summed E-state index contributed by atoms with van der Waals surface area (Å²) in [5.74, 6) is 1.78. The molecular weight excluding hydrogens is 273 g/mol. The first-order valence-corrected chi connectivity index (χ1v) is 6.23. The minimum atomic E-state index is -0.967. The Kier molecular flexibility index (Phi) is 3.51. The molecule has 0 aliphatic carbocycles. The van der Waals surface area contributed by atoms with E-state index >= 15 is 0 Å². The van der Waals surface area contributed by atoms with Crippen LogP contribution in [0.25, 0.3) is 0 Å². The summed E-state index contributed by atoms with van der Waals surface area (Å²) >= 11 is 0. The molecule has 0 unspecified atom stereocenters. The van der Waals surface area contributed by atoms with Crippen LogP contribution in [0.3, 0.4) is 0 Å². The number of nitrogens with zero attached hydrogens (tertiary/aromatic N) is 2. The zero-order chi connectivity index (χ0) is 14.7. The van der Waals surface area contributed by atoms with Crippen LogP contribution >= 0.6 is 0 Å². The van der Waals surface area contributed by atoms with E-state index in [4.69, 9.17) is 24.1 Å². The Labute approximate surface area is 121 Å². The predicted molar refractivity (Wildman–Crippen MR) is 77.1 cm³/mol. The molecule has 8 heteroatoms. The van der Waals surface area contributed by atoms with Crippen LogP contribution < -0.4 is 15.0 Å². The summed E-state index contributed by atoms with van der Waals surface area (Å²) in [6.45, 7) is 1.74. The molecule has 1 aliphatic heterocycles. The van der Waals surface area contributed by atoms with Gasteiger partial charge < -0.3 is 24.1 Å². The molecular formula is C13H12BN3O4. The molecule has 3 rings (SSSR count). The van der Waals surface area contributed by atoms with Crippen LogP contribution in [0, 0.1) is 0 Å². The normalized spacial score (nSPS) is 14.4. The highest BCUT2D eigenvalue weighted by atomic mass is 16.8. The van der Waals surface area contributed by atoms with E-state index in [1.807, 2.05) is 12.1 Å². The van der Waals surface area contributed by atoms with Gasteiger partial charge in [0.2, 0.25) is 0 Å². The molecule has 21 heavy (non-hydrogen) atoms. The summed E-state index contributed by atoms with van der Waals surface area (Å²) in [7, 11) is -0.967. The smallest absolute Gasteiger partial charge is 0.486 e. The van der Waals surface area contributed by atoms with Crippen LogP contribution in [0.15, 0.2) is 57.3 Å². The van der Waals surface area contributed by atoms with Crippen LogP contribution in [0.2, 0.25) is 0 Å². The molecule has 0 fully saturated rings. The van der Waals surface area contributed by atoms with Crippen LogP contribution in [0.4, 0.5) is 0 Å². The second-order valence-electron chi connectivity index (χ2n) is 4.19. The van der Waals surface area contributed by atoms with Crippen LogP contribution in [0.1, 0.15) is 12.7 Å². The van der Waals surface area contributed by atoms with Crippen LogP contribution in [0.5, 0.6) is 11.5 Å². The first kappa shape index (κ1) is 13.1. The molecule has 1 aliphatic rings. The molecule has 0 saturated heterocycles. The number of para-hydroxylation sites is 2. The van der Waals surface area contributed by atoms with Crippen LogP contribution in [-0.2, 0) is 4.65 Å². The van der Waals surface area contributed by atoms with Gasteiger partial charge in [0.25, 0.3) is 6.02 Å². The molecule has 0 saturated carbocycles. The molecule has 0 spiro atoms. The van der Waals surface area contributed by atoms with Gasteiger partial charge in [-0.15, -0.1) is 5.10 Å². The van der Waals surface area contributed by atoms with Gasteiger partial charge in [0.1, 0.15) is 23.0 Å². The van der Waals surface area contributed by atoms with E-state index in [1.165, 1.54) is 0 Å². The van der Waals surface area contributed by atoms with Crippen molar-refractivity contribution in [1.82, 2.24) is 0 Å². The number of nitrogens with two attached hydrogens (primary N) is 1. The third-order valence-electron chi connectivity index (χ3n) is 2.69. The minimum Gasteiger partial charge on any atom is -0.486 e. The molecule has 2 heterocycles. The Morgan fingerprint density at radius 1 is 1.10 bits per heavy atom. The number of hydrogen-bond donors (Lipinski definition) is 1. The summed E-state index contributed by atoms with van der Waals surface area (Å²) in [5.41, 5.74) is 6.19. The lowest BCUT2D eigenvalue weighted by atomic mass is 10.2. The maximum Gasteiger partial charge on any atom is 0.866 e. The number of rotatable bonds is 3. The largest absolute Gasteiger partial charge is 0.866 e. The number of furan rings is 1. The number of fused-ring (bicyclic) bond motifs is 1. The molecule has 7 nitrogen and oxygen atoms in total. The molecule has 2 N–H and O–H groups in total. The second kappa shape index (κ2) is 5.62. The highest BCUT2D eigenvalue weighted by Crippen LogP contribution is 2.32. The molecule has 0 atom stereocenters. The van der Waals surface area contributed by atoms with Gasteiger partial charge in [-0.2, -0.15) is 0 Å². The summed E-state index contributed by atoms with van der Waals surface area (Å²) in [5, 5.41) is 7.65. The average Bonchev–Trinajstić information content (AvgIpc) is 3.13. The molecule has 1 aromatic heterocycles. The molecule has 0 radical (unpaired) electrons. The molecule has 2 aromatic rings. The van der Waals surface area contributed by atoms with E-state index < -0.39 is 7.32 Å². The third kappa shape index (κ3) is 2.99. The maximum atomic E-state index is 5.62. The first-order chi connectivity index (χ1) is 10.2. The third-order valence-corrected chi connectivity index (χ3v) is 2.69. The molecule has 0 amide bonds. The van der Waals surface area contributed by atoms with Crippen molar-refractivity contribution in [3.63, 3.8) is 0 Å². The van der Waals surface area contributed by atoms with Crippen molar-refractivity contribution in [2.75, 3.05) is 0 Å². The lowest BCUT2D eigenvalue weighted by molar-refractivity contribution is 0.342. The Morgan fingerprint density at radius 2 is 1.81 bits per heavy atom. The standard InChI is InChI=1S/C13H12BN3O4/c1-9(10-7-4-8-18-10)16-17-13(15)21-14-19-11-5-2-3-6-12(11)20-14/h2-8H,1H3,(H2,15,17)/b16-9-. The van der Waals surface area contributed by atoms with Gasteiger partial charge in [0.15, 0.2) is 0 Å². The van der Waals surface area contributed by atoms with Gasteiger partial charge >= 0.3 is 7.32 Å². The molecule has 0 bridgehead atoms. The van der Waals surface area contributed by atoms with Gasteiger partial charge in [-0.3, -0.25) is 0 Å². The fourth-order valence-electron chi connectivity index (χ4n) is 1.70. The highest BCUT2D eigenvalue weighted by molar-refractivity contribution is 6.42. The van der Waals surface area contributed by atoms with E-state index in [1.54, 1.807) is 37.5 Å². The zero-order valence-electron chi connectivity index (χ0n) is 11.2. The predicted octanol–water partition coefficient (Wildman–Crippen LogP) is 1.79. The maximum absolute atomic E-state index is 5.62. The van der Waals surface area contributed by atoms with Gasteiger partial charge in [-0.05, 0) is 31.2 Å². The second-order valence-corrected chi connectivity index (χ2v) is 4.19. The summed E-state index contributed by atoms with van der Waals surface area (Å²) in [6, 6.07) is 10.6. The number of amidine groups is 1. The Bertz CT molecular complexity index is 659. The Hall–Kier alpha value is -2.90. The van der Waals surface area contributed by atoms with Crippen molar-refractivity contribution in [2.24, 2.45) is 15.9 Å². The van der Waals surface area contributed by atoms with Gasteiger partial charge in [-0.25, -0.2) is 0 Å². The summed E-state index contributed by atoms with van der Waals surface area (Å²) < 4.78 is 21.1. The molecule has 1 aromatic carbocycles. The Balaban J connectivity index is 1.61. The van der Waals surface area contributed by atoms with Gasteiger partial charge in [0, 0.05) is 0 Å². The minimum absolute atomic E-state index is 0.168. The van der Waals surface area contributed by atoms with Crippen molar-refractivity contribution in [3.8, 4) is 11.5 Å². The number of hydrogen-bond acceptors (Lipinski definition) is 6. The summed E-state index contributed by atoms with van der Waals surface area (Å²) in [6.07, 6.45) is 1.55. The van der Waals surface area contributed by atoms with Crippen molar-refractivity contribution < 1.29 is 18.4 Å². The fraction of sp³-hybridized carbons (Fsp3) is 0.0769. The van der Waals surface area contributed by atoms with Crippen molar-refractivity contribution >= 4 is 19.1 Å². The summed E-state index contributed by atoms with van der Waals surface area (Å²) in [4.78, 5) is 0. The topological polar surface area (TPSA) is 91.6 Å². The van der Waals surface area contributed by atoms with Crippen molar-refractivity contribution in [2.45, 2.75) is 6.92 Å².